The highest BCUT2D eigenvalue weighted by Gasteiger charge is 2.46. The summed E-state index contributed by atoms with van der Waals surface area (Å²) in [5.74, 6) is 0. The van der Waals surface area contributed by atoms with E-state index < -0.39 is 17.8 Å². The normalized spacial score (nSPS) is 20.4. The summed E-state index contributed by atoms with van der Waals surface area (Å²) >= 11 is 0. The number of nitrogens with one attached hydrogen (secondary N) is 1. The van der Waals surface area contributed by atoms with E-state index in [1.165, 1.54) is 18.2 Å². The fourth-order valence-electron chi connectivity index (χ4n) is 2.77. The highest BCUT2D eigenvalue weighted by atomic mass is 19.4. The van der Waals surface area contributed by atoms with E-state index in [-0.39, 0.29) is 11.1 Å². The lowest BCUT2D eigenvalue weighted by molar-refractivity contribution is -0.136. The number of hydrogen-bond acceptors (Lipinski definition) is 2. The number of alkyl halides is 3. The maximum atomic E-state index is 12.9. The molecule has 0 atom stereocenters. The number of rotatable bonds is 1. The Labute approximate surface area is 119 Å². The molecule has 1 aromatic rings. The van der Waals surface area contributed by atoms with Gasteiger partial charge in [0.2, 0.25) is 0 Å². The Morgan fingerprint density at radius 3 is 2.57 bits per heavy atom. The van der Waals surface area contributed by atoms with Crippen LogP contribution in [0.5, 0.6) is 0 Å². The third-order valence-corrected chi connectivity index (χ3v) is 4.02. The Bertz CT molecular complexity index is 555. The minimum Gasteiger partial charge on any atom is -0.380 e. The standard InChI is InChI=1S/C14H15F3N2O2/c15-14(16,17)10-3-1-2-4-11(10)18-12(20)19-6-5-13(7-19)8-21-9-13/h1-4H,5-9H2,(H,18,20). The van der Waals surface area contributed by atoms with E-state index in [2.05, 4.69) is 5.32 Å². The van der Waals surface area contributed by atoms with E-state index >= 15 is 0 Å². The van der Waals surface area contributed by atoms with Gasteiger partial charge in [0.05, 0.1) is 24.5 Å². The predicted molar refractivity (Wildman–Crippen MR) is 69.9 cm³/mol. The molecule has 2 saturated heterocycles. The van der Waals surface area contributed by atoms with Crippen LogP contribution in [0.4, 0.5) is 23.7 Å². The molecule has 0 aromatic heterocycles. The second-order valence-corrected chi connectivity index (χ2v) is 5.64. The number of amides is 2. The van der Waals surface area contributed by atoms with Crippen molar-refractivity contribution < 1.29 is 22.7 Å². The van der Waals surface area contributed by atoms with Crippen LogP contribution in [0.2, 0.25) is 0 Å². The van der Waals surface area contributed by atoms with Crippen LogP contribution in [-0.4, -0.2) is 37.2 Å². The molecule has 3 rings (SSSR count). The molecule has 0 unspecified atom stereocenters. The van der Waals surface area contributed by atoms with Crippen molar-refractivity contribution in [1.82, 2.24) is 4.90 Å². The highest BCUT2D eigenvalue weighted by Crippen LogP contribution is 2.38. The van der Waals surface area contributed by atoms with Crippen LogP contribution in [0.15, 0.2) is 24.3 Å². The first-order valence-corrected chi connectivity index (χ1v) is 6.70. The second kappa shape index (κ2) is 4.91. The first kappa shape index (κ1) is 14.2. The fraction of sp³-hybridized carbons (Fsp3) is 0.500. The van der Waals surface area contributed by atoms with Crippen molar-refractivity contribution >= 4 is 11.7 Å². The van der Waals surface area contributed by atoms with Gasteiger partial charge in [-0.3, -0.25) is 0 Å². The van der Waals surface area contributed by atoms with E-state index in [0.717, 1.165) is 12.5 Å². The Morgan fingerprint density at radius 2 is 2.00 bits per heavy atom. The molecule has 2 aliphatic rings. The van der Waals surface area contributed by atoms with Gasteiger partial charge in [-0.1, -0.05) is 12.1 Å². The van der Waals surface area contributed by atoms with Crippen molar-refractivity contribution in [2.24, 2.45) is 5.41 Å². The molecule has 1 spiro atoms. The minimum atomic E-state index is -4.49. The van der Waals surface area contributed by atoms with Crippen LogP contribution in [0.25, 0.3) is 0 Å². The molecular formula is C14H15F3N2O2. The summed E-state index contributed by atoms with van der Waals surface area (Å²) in [6.45, 7) is 2.32. The maximum Gasteiger partial charge on any atom is 0.418 e. The van der Waals surface area contributed by atoms with Gasteiger partial charge in [-0.05, 0) is 18.6 Å². The molecule has 2 aliphatic heterocycles. The van der Waals surface area contributed by atoms with Gasteiger partial charge >= 0.3 is 12.2 Å². The van der Waals surface area contributed by atoms with Gasteiger partial charge in [0.1, 0.15) is 0 Å². The molecule has 1 N–H and O–H groups in total. The molecule has 0 radical (unpaired) electrons. The lowest BCUT2D eigenvalue weighted by Gasteiger charge is -2.37. The first-order valence-electron chi connectivity index (χ1n) is 6.70. The summed E-state index contributed by atoms with van der Waals surface area (Å²) in [4.78, 5) is 13.7. The number of carbonyl (C=O) groups is 1. The van der Waals surface area contributed by atoms with Crippen molar-refractivity contribution in [3.63, 3.8) is 0 Å². The van der Waals surface area contributed by atoms with Crippen LogP contribution in [-0.2, 0) is 10.9 Å². The number of halogens is 3. The lowest BCUT2D eigenvalue weighted by Crippen LogP contribution is -2.46. The average Bonchev–Trinajstić information content (AvgIpc) is 2.83. The molecule has 2 amide bonds. The molecule has 2 fully saturated rings. The smallest absolute Gasteiger partial charge is 0.380 e. The third kappa shape index (κ3) is 2.70. The van der Waals surface area contributed by atoms with Crippen LogP contribution >= 0.6 is 0 Å². The van der Waals surface area contributed by atoms with Gasteiger partial charge in [-0.15, -0.1) is 0 Å². The summed E-state index contributed by atoms with van der Waals surface area (Å²) < 4.78 is 43.8. The number of carbonyl (C=O) groups excluding carboxylic acids is 1. The molecule has 2 heterocycles. The largest absolute Gasteiger partial charge is 0.418 e. The lowest BCUT2D eigenvalue weighted by atomic mass is 9.85. The van der Waals surface area contributed by atoms with Gasteiger partial charge in [0.15, 0.2) is 0 Å². The van der Waals surface area contributed by atoms with Gasteiger partial charge in [0.25, 0.3) is 0 Å². The molecule has 0 aliphatic carbocycles. The van der Waals surface area contributed by atoms with Crippen molar-refractivity contribution in [3.8, 4) is 0 Å². The van der Waals surface area contributed by atoms with E-state index in [9.17, 15) is 18.0 Å². The zero-order valence-corrected chi connectivity index (χ0v) is 11.2. The highest BCUT2D eigenvalue weighted by molar-refractivity contribution is 5.90. The molecule has 1 aromatic carbocycles. The minimum absolute atomic E-state index is 0.0148. The molecule has 21 heavy (non-hydrogen) atoms. The zero-order valence-electron chi connectivity index (χ0n) is 11.2. The molecule has 0 bridgehead atoms. The quantitative estimate of drug-likeness (QED) is 0.866. The predicted octanol–water partition coefficient (Wildman–Crippen LogP) is 2.96. The van der Waals surface area contributed by atoms with E-state index in [4.69, 9.17) is 4.74 Å². The van der Waals surface area contributed by atoms with Crippen LogP contribution < -0.4 is 5.32 Å². The summed E-state index contributed by atoms with van der Waals surface area (Å²) in [5, 5.41) is 2.37. The fourth-order valence-corrected chi connectivity index (χ4v) is 2.77. The number of urea groups is 1. The Kier molecular flexibility index (Phi) is 3.32. The summed E-state index contributed by atoms with van der Waals surface area (Å²) in [6, 6.07) is 4.50. The van der Waals surface area contributed by atoms with Crippen molar-refractivity contribution in [2.75, 3.05) is 31.6 Å². The van der Waals surface area contributed by atoms with E-state index in [1.807, 2.05) is 0 Å². The van der Waals surface area contributed by atoms with Gasteiger partial charge in [-0.2, -0.15) is 13.2 Å². The Balaban J connectivity index is 1.71. The molecule has 4 nitrogen and oxygen atoms in total. The monoisotopic (exact) mass is 300 g/mol. The third-order valence-electron chi connectivity index (χ3n) is 4.02. The van der Waals surface area contributed by atoms with Crippen molar-refractivity contribution in [1.29, 1.82) is 0 Å². The number of para-hydroxylation sites is 1. The number of nitrogens with zero attached hydrogens (tertiary/aromatic N) is 1. The maximum absolute atomic E-state index is 12.9. The first-order chi connectivity index (χ1) is 9.90. The van der Waals surface area contributed by atoms with Crippen molar-refractivity contribution in [3.05, 3.63) is 29.8 Å². The number of hydrogen-bond donors (Lipinski definition) is 1. The summed E-state index contributed by atoms with van der Waals surface area (Å²) in [6.07, 6.45) is -3.65. The molecule has 114 valence electrons. The Hall–Kier alpha value is -1.76. The second-order valence-electron chi connectivity index (χ2n) is 5.64. The van der Waals surface area contributed by atoms with E-state index in [0.29, 0.717) is 26.3 Å². The molecular weight excluding hydrogens is 285 g/mol. The van der Waals surface area contributed by atoms with Gasteiger partial charge < -0.3 is 15.0 Å². The Morgan fingerprint density at radius 1 is 1.29 bits per heavy atom. The number of benzene rings is 1. The van der Waals surface area contributed by atoms with Crippen LogP contribution in [0, 0.1) is 5.41 Å². The van der Waals surface area contributed by atoms with E-state index in [1.54, 1.807) is 4.90 Å². The van der Waals surface area contributed by atoms with Crippen molar-refractivity contribution in [2.45, 2.75) is 12.6 Å². The number of ether oxygens (including phenoxy) is 1. The van der Waals surface area contributed by atoms with Gasteiger partial charge in [-0.25, -0.2) is 4.79 Å². The molecule has 0 saturated carbocycles. The van der Waals surface area contributed by atoms with Crippen LogP contribution in [0.1, 0.15) is 12.0 Å². The zero-order chi connectivity index (χ0) is 15.1. The average molecular weight is 300 g/mol. The SMILES string of the molecule is O=C(Nc1ccccc1C(F)(F)F)N1CCC2(COC2)C1. The number of anilines is 1. The topological polar surface area (TPSA) is 41.6 Å². The summed E-state index contributed by atoms with van der Waals surface area (Å²) in [7, 11) is 0. The number of likely N-dealkylation sites (tertiary alicyclic amines) is 1. The van der Waals surface area contributed by atoms with Gasteiger partial charge in [0, 0.05) is 18.5 Å². The summed E-state index contributed by atoms with van der Waals surface area (Å²) in [5.41, 5.74) is -1.03. The van der Waals surface area contributed by atoms with Crippen LogP contribution in [0.3, 0.4) is 0 Å². The molecule has 7 heteroatoms.